The van der Waals surface area contributed by atoms with Crippen molar-refractivity contribution >= 4 is 45.0 Å². The first kappa shape index (κ1) is 21.8. The van der Waals surface area contributed by atoms with Gasteiger partial charge in [-0.15, -0.1) is 0 Å². The summed E-state index contributed by atoms with van der Waals surface area (Å²) in [6.07, 6.45) is 5.33. The van der Waals surface area contributed by atoms with Crippen molar-refractivity contribution in [3.8, 4) is 11.6 Å². The minimum atomic E-state index is -4.45. The van der Waals surface area contributed by atoms with Gasteiger partial charge in [0.2, 0.25) is 5.89 Å². The lowest BCUT2D eigenvalue weighted by Gasteiger charge is -2.07. The van der Waals surface area contributed by atoms with Crippen LogP contribution < -0.4 is 0 Å². The maximum Gasteiger partial charge on any atom is 0.446 e. The van der Waals surface area contributed by atoms with Crippen molar-refractivity contribution in [3.63, 3.8) is 0 Å². The molecule has 1 N–H and O–H groups in total. The van der Waals surface area contributed by atoms with Crippen LogP contribution in [0.5, 0.6) is 0 Å². The van der Waals surface area contributed by atoms with Crippen molar-refractivity contribution in [2.24, 2.45) is 5.16 Å². The van der Waals surface area contributed by atoms with E-state index in [2.05, 4.69) is 15.1 Å². The average molecular weight is 457 g/mol. The molecule has 2 aromatic heterocycles. The topological polar surface area (TPSA) is 106 Å². The Morgan fingerprint density at radius 1 is 1.30 bits per heavy atom. The quantitative estimate of drug-likeness (QED) is 0.246. The molecule has 3 rings (SSSR count). The Hall–Kier alpha value is -2.86. The molecule has 0 saturated heterocycles. The zero-order valence-electron chi connectivity index (χ0n) is 15.3. The number of hydrogen-bond acceptors (Lipinski definition) is 8. The number of allylic oxidation sites excluding steroid dienone is 1. The molecule has 0 fully saturated rings. The number of nitrogens with zero attached hydrogens (tertiary/aromatic N) is 3. The highest BCUT2D eigenvalue weighted by atomic mass is 32.2. The Kier molecular flexibility index (Phi) is 6.17. The van der Waals surface area contributed by atoms with Crippen molar-refractivity contribution in [2.45, 2.75) is 22.2 Å². The van der Waals surface area contributed by atoms with E-state index in [4.69, 9.17) is 9.62 Å². The van der Waals surface area contributed by atoms with Gasteiger partial charge in [-0.25, -0.2) is 18.4 Å². The summed E-state index contributed by atoms with van der Waals surface area (Å²) in [5.74, 6) is -0.335. The van der Waals surface area contributed by atoms with Crippen LogP contribution in [-0.4, -0.2) is 41.1 Å². The molecule has 0 atom stereocenters. The van der Waals surface area contributed by atoms with Crippen LogP contribution in [0.1, 0.15) is 12.5 Å². The van der Waals surface area contributed by atoms with E-state index in [0.29, 0.717) is 5.56 Å². The normalized spacial score (nSPS) is 13.1. The number of alkyl halides is 3. The maximum absolute atomic E-state index is 12.6. The van der Waals surface area contributed by atoms with E-state index in [1.54, 1.807) is 0 Å². The van der Waals surface area contributed by atoms with Crippen LogP contribution in [0.15, 0.2) is 55.9 Å². The summed E-state index contributed by atoms with van der Waals surface area (Å²) in [5.41, 5.74) is -3.74. The number of sulfone groups is 1. The van der Waals surface area contributed by atoms with Gasteiger partial charge >= 0.3 is 5.51 Å². The molecule has 0 aliphatic heterocycles. The van der Waals surface area contributed by atoms with Gasteiger partial charge in [0, 0.05) is 11.1 Å². The minimum absolute atomic E-state index is 0.0500. The van der Waals surface area contributed by atoms with Crippen LogP contribution in [0.3, 0.4) is 0 Å². The van der Waals surface area contributed by atoms with Gasteiger partial charge in [-0.3, -0.25) is 0 Å². The Morgan fingerprint density at radius 2 is 2.07 bits per heavy atom. The van der Waals surface area contributed by atoms with Crippen molar-refractivity contribution in [2.75, 3.05) is 5.75 Å². The van der Waals surface area contributed by atoms with Crippen LogP contribution in [-0.2, 0) is 9.84 Å². The van der Waals surface area contributed by atoms with Gasteiger partial charge in [0.05, 0.1) is 16.9 Å². The number of oxime groups is 1. The second-order valence-corrected chi connectivity index (χ2v) is 9.22. The third-order valence-electron chi connectivity index (χ3n) is 3.83. The van der Waals surface area contributed by atoms with Crippen molar-refractivity contribution in [1.29, 1.82) is 0 Å². The van der Waals surface area contributed by atoms with E-state index in [-0.39, 0.29) is 50.0 Å². The van der Waals surface area contributed by atoms with Gasteiger partial charge in [-0.2, -0.15) is 13.2 Å². The highest BCUT2D eigenvalue weighted by Gasteiger charge is 2.29. The second-order valence-electron chi connectivity index (χ2n) is 5.84. The lowest BCUT2D eigenvalue weighted by molar-refractivity contribution is -0.0328. The summed E-state index contributed by atoms with van der Waals surface area (Å²) < 4.78 is 68.5. The Balaban J connectivity index is 2.10. The van der Waals surface area contributed by atoms with E-state index >= 15 is 0 Å². The van der Waals surface area contributed by atoms with E-state index in [0.717, 1.165) is 6.21 Å². The molecule has 0 aliphatic rings. The molecular weight excluding hydrogens is 443 g/mol. The smallest absolute Gasteiger partial charge is 0.435 e. The molecule has 0 radical (unpaired) electrons. The summed E-state index contributed by atoms with van der Waals surface area (Å²) >= 11 is -0.286. The molecule has 0 saturated carbocycles. The Bertz CT molecular complexity index is 1240. The summed E-state index contributed by atoms with van der Waals surface area (Å²) in [6.45, 7) is 1.47. The number of hydrogen-bond donors (Lipinski definition) is 1. The summed E-state index contributed by atoms with van der Waals surface area (Å²) in [6, 6.07) is 5.14. The van der Waals surface area contributed by atoms with Gasteiger partial charge in [0.15, 0.2) is 15.4 Å². The van der Waals surface area contributed by atoms with E-state index in [1.807, 2.05) is 0 Å². The lowest BCUT2D eigenvalue weighted by Crippen LogP contribution is -2.07. The fourth-order valence-electron chi connectivity index (χ4n) is 2.50. The molecular formula is C18H14F3N3O4S2. The fourth-order valence-corrected chi connectivity index (χ4v) is 4.14. The first-order chi connectivity index (χ1) is 14.1. The van der Waals surface area contributed by atoms with E-state index in [1.165, 1.54) is 49.5 Å². The molecule has 0 unspecified atom stereocenters. The summed E-state index contributed by atoms with van der Waals surface area (Å²) in [5, 5.41) is 11.2. The zero-order chi connectivity index (χ0) is 21.9. The average Bonchev–Trinajstić information content (AvgIpc) is 3.10. The van der Waals surface area contributed by atoms with E-state index in [9.17, 15) is 21.6 Å². The molecule has 0 amide bonds. The molecule has 30 heavy (non-hydrogen) atoms. The van der Waals surface area contributed by atoms with Crippen LogP contribution >= 0.6 is 11.8 Å². The molecule has 0 spiro atoms. The first-order valence-electron chi connectivity index (χ1n) is 8.36. The molecule has 12 heteroatoms. The van der Waals surface area contributed by atoms with Crippen molar-refractivity contribution in [3.05, 3.63) is 42.1 Å². The predicted octanol–water partition coefficient (Wildman–Crippen LogP) is 4.77. The summed E-state index contributed by atoms with van der Waals surface area (Å²) in [7, 11) is -3.73. The third kappa shape index (κ3) is 5.00. The molecule has 2 heterocycles. The van der Waals surface area contributed by atoms with Gasteiger partial charge in [-0.1, -0.05) is 18.2 Å². The third-order valence-corrected chi connectivity index (χ3v) is 6.29. The van der Waals surface area contributed by atoms with Crippen LogP contribution in [0, 0.1) is 0 Å². The monoisotopic (exact) mass is 457 g/mol. The van der Waals surface area contributed by atoms with Gasteiger partial charge in [-0.05, 0) is 47.7 Å². The molecule has 158 valence electrons. The summed E-state index contributed by atoms with van der Waals surface area (Å²) in [4.78, 5) is 8.07. The first-order valence-corrected chi connectivity index (χ1v) is 10.8. The number of rotatable bonds is 6. The number of aromatic nitrogens is 2. The van der Waals surface area contributed by atoms with Crippen molar-refractivity contribution in [1.82, 2.24) is 9.97 Å². The van der Waals surface area contributed by atoms with Crippen LogP contribution in [0.25, 0.3) is 28.8 Å². The van der Waals surface area contributed by atoms with Gasteiger partial charge in [0.25, 0.3) is 0 Å². The Labute approximate surface area is 173 Å². The van der Waals surface area contributed by atoms with Crippen molar-refractivity contribution < 1.29 is 31.2 Å². The number of benzene rings is 1. The fraction of sp³-hybridized carbons (Fsp3) is 0.167. The standard InChI is InChI=1S/C18H14F3N3O4S2/c1-2-30(26,27)15-8-11(4-3-7-23-25)10-22-16(15)17-24-13-9-12(29-18(19,20)21)5-6-14(13)28-17/h3-10,25H,2H2,1H3. The number of fused-ring (bicyclic) bond motifs is 1. The molecule has 1 aromatic carbocycles. The molecule has 0 bridgehead atoms. The van der Waals surface area contributed by atoms with Gasteiger partial charge < -0.3 is 9.62 Å². The lowest BCUT2D eigenvalue weighted by atomic mass is 10.2. The van der Waals surface area contributed by atoms with Crippen LogP contribution in [0.2, 0.25) is 0 Å². The largest absolute Gasteiger partial charge is 0.446 e. The number of thioether (sulfide) groups is 1. The maximum atomic E-state index is 12.6. The SMILES string of the molecule is CCS(=O)(=O)c1cc(C=CC=NO)cnc1-c1nc2cc(SC(F)(F)F)ccc2o1. The number of halogens is 3. The highest BCUT2D eigenvalue weighted by Crippen LogP contribution is 2.38. The van der Waals surface area contributed by atoms with E-state index < -0.39 is 15.3 Å². The number of oxazole rings is 1. The zero-order valence-corrected chi connectivity index (χ0v) is 16.9. The number of pyridine rings is 1. The second kappa shape index (κ2) is 8.48. The predicted molar refractivity (Wildman–Crippen MR) is 106 cm³/mol. The minimum Gasteiger partial charge on any atom is -0.435 e. The highest BCUT2D eigenvalue weighted by molar-refractivity contribution is 8.00. The molecule has 0 aliphatic carbocycles. The van der Waals surface area contributed by atoms with Crippen LogP contribution in [0.4, 0.5) is 13.2 Å². The molecule has 3 aromatic rings. The molecule has 7 nitrogen and oxygen atoms in total. The Morgan fingerprint density at radius 3 is 2.73 bits per heavy atom. The van der Waals surface area contributed by atoms with Gasteiger partial charge in [0.1, 0.15) is 11.2 Å².